The number of H-pyrrole nitrogens is 1. The molecule has 2 heterocycles. The number of aromatic nitrogens is 1. The number of nitrogens with zero attached hydrogens (tertiary/aromatic N) is 2. The van der Waals surface area contributed by atoms with Crippen molar-refractivity contribution in [3.63, 3.8) is 0 Å². The van der Waals surface area contributed by atoms with Gasteiger partial charge in [-0.3, -0.25) is 4.79 Å². The molecule has 1 aliphatic rings. The van der Waals surface area contributed by atoms with Crippen molar-refractivity contribution in [3.05, 3.63) is 71.9 Å². The molecule has 8 heteroatoms. The number of esters is 1. The molecule has 166 valence electrons. The van der Waals surface area contributed by atoms with Gasteiger partial charge in [0.1, 0.15) is 6.04 Å². The Balaban J connectivity index is 1.36. The van der Waals surface area contributed by atoms with Crippen LogP contribution in [0.5, 0.6) is 0 Å². The van der Waals surface area contributed by atoms with E-state index in [0.717, 1.165) is 16.5 Å². The number of para-hydroxylation sites is 1. The van der Waals surface area contributed by atoms with E-state index < -0.39 is 12.0 Å². The largest absolute Gasteiger partial charge is 0.467 e. The number of hydrogen-bond donors (Lipinski definition) is 2. The van der Waals surface area contributed by atoms with E-state index in [-0.39, 0.29) is 11.9 Å². The van der Waals surface area contributed by atoms with Gasteiger partial charge in [0.2, 0.25) is 0 Å². The van der Waals surface area contributed by atoms with Gasteiger partial charge in [0.25, 0.3) is 5.91 Å². The number of rotatable bonds is 5. The summed E-state index contributed by atoms with van der Waals surface area (Å²) in [5.74, 6) is -0.547. The lowest BCUT2D eigenvalue weighted by Gasteiger charge is -2.35. The van der Waals surface area contributed by atoms with Crippen LogP contribution in [0.4, 0.5) is 4.79 Å². The summed E-state index contributed by atoms with van der Waals surface area (Å²) in [6, 6.07) is 16.0. The molecule has 4 rings (SSSR count). The first kappa shape index (κ1) is 21.4. The number of carbonyl (C=O) groups excluding carboxylic acids is 3. The third kappa shape index (κ3) is 4.59. The molecule has 32 heavy (non-hydrogen) atoms. The van der Waals surface area contributed by atoms with Crippen molar-refractivity contribution < 1.29 is 19.1 Å². The SMILES string of the molecule is COC(=O)[C@H](Cc1ccccc1)NC(=O)N1CCN(C(=O)c2c[nH]c3ccccc23)CC1. The van der Waals surface area contributed by atoms with E-state index in [1.807, 2.05) is 54.6 Å². The lowest BCUT2D eigenvalue weighted by Crippen LogP contribution is -2.56. The van der Waals surface area contributed by atoms with Gasteiger partial charge in [-0.1, -0.05) is 48.5 Å². The summed E-state index contributed by atoms with van der Waals surface area (Å²) in [4.78, 5) is 44.5. The molecular weight excluding hydrogens is 408 g/mol. The van der Waals surface area contributed by atoms with E-state index in [4.69, 9.17) is 4.74 Å². The van der Waals surface area contributed by atoms with Crippen molar-refractivity contribution in [2.75, 3.05) is 33.3 Å². The molecule has 3 aromatic rings. The van der Waals surface area contributed by atoms with E-state index in [9.17, 15) is 14.4 Å². The number of piperazine rings is 1. The van der Waals surface area contributed by atoms with Crippen LogP contribution in [-0.4, -0.2) is 72.0 Å². The van der Waals surface area contributed by atoms with E-state index in [2.05, 4.69) is 10.3 Å². The molecule has 2 N–H and O–H groups in total. The molecule has 0 bridgehead atoms. The van der Waals surface area contributed by atoms with Crippen LogP contribution in [0.2, 0.25) is 0 Å². The topological polar surface area (TPSA) is 94.7 Å². The smallest absolute Gasteiger partial charge is 0.328 e. The van der Waals surface area contributed by atoms with Crippen LogP contribution in [0.25, 0.3) is 10.9 Å². The Morgan fingerprint density at radius 1 is 0.969 bits per heavy atom. The molecule has 0 radical (unpaired) electrons. The number of carbonyl (C=O) groups is 3. The standard InChI is InChI=1S/C24H26N4O4/c1-32-23(30)21(15-17-7-3-2-4-8-17)26-24(31)28-13-11-27(12-14-28)22(29)19-16-25-20-10-6-5-9-18(19)20/h2-10,16,21,25H,11-15H2,1H3,(H,26,31)/t21-/m0/s1. The number of hydrogen-bond acceptors (Lipinski definition) is 4. The molecule has 1 atom stereocenters. The van der Waals surface area contributed by atoms with Gasteiger partial charge < -0.3 is 24.8 Å². The highest BCUT2D eigenvalue weighted by Crippen LogP contribution is 2.20. The summed E-state index contributed by atoms with van der Waals surface area (Å²) in [5, 5.41) is 3.67. The molecule has 0 saturated carbocycles. The average molecular weight is 434 g/mol. The molecule has 0 spiro atoms. The highest BCUT2D eigenvalue weighted by molar-refractivity contribution is 6.06. The van der Waals surface area contributed by atoms with Crippen molar-refractivity contribution in [1.82, 2.24) is 20.1 Å². The van der Waals surface area contributed by atoms with Crippen LogP contribution < -0.4 is 5.32 Å². The molecule has 0 unspecified atom stereocenters. The monoisotopic (exact) mass is 434 g/mol. The molecule has 0 aliphatic carbocycles. The molecule has 1 saturated heterocycles. The highest BCUT2D eigenvalue weighted by Gasteiger charge is 2.29. The maximum absolute atomic E-state index is 13.0. The zero-order valence-electron chi connectivity index (χ0n) is 17.9. The Morgan fingerprint density at radius 3 is 2.34 bits per heavy atom. The Morgan fingerprint density at radius 2 is 1.62 bits per heavy atom. The molecule has 1 fully saturated rings. The predicted octanol–water partition coefficient (Wildman–Crippen LogP) is 2.42. The quantitative estimate of drug-likeness (QED) is 0.603. The number of amides is 3. The first-order valence-corrected chi connectivity index (χ1v) is 10.6. The summed E-state index contributed by atoms with van der Waals surface area (Å²) in [5.41, 5.74) is 2.48. The van der Waals surface area contributed by atoms with Crippen LogP contribution >= 0.6 is 0 Å². The molecule has 3 amide bonds. The van der Waals surface area contributed by atoms with Crippen LogP contribution in [0.1, 0.15) is 15.9 Å². The fourth-order valence-corrected chi connectivity index (χ4v) is 3.96. The van der Waals surface area contributed by atoms with Gasteiger partial charge in [-0.15, -0.1) is 0 Å². The van der Waals surface area contributed by atoms with Gasteiger partial charge in [0.15, 0.2) is 0 Å². The molecule has 1 aromatic heterocycles. The van der Waals surface area contributed by atoms with Crippen LogP contribution in [-0.2, 0) is 16.0 Å². The minimum absolute atomic E-state index is 0.0565. The average Bonchev–Trinajstić information content (AvgIpc) is 3.27. The first-order valence-electron chi connectivity index (χ1n) is 10.6. The van der Waals surface area contributed by atoms with Crippen LogP contribution in [0, 0.1) is 0 Å². The Labute approximate surface area is 186 Å². The molecule has 8 nitrogen and oxygen atoms in total. The maximum Gasteiger partial charge on any atom is 0.328 e. The van der Waals surface area contributed by atoms with E-state index >= 15 is 0 Å². The van der Waals surface area contributed by atoms with Crippen molar-refractivity contribution in [1.29, 1.82) is 0 Å². The second kappa shape index (κ2) is 9.55. The molecule has 1 aliphatic heterocycles. The van der Waals surface area contributed by atoms with Gasteiger partial charge in [0, 0.05) is 49.7 Å². The minimum atomic E-state index is -0.777. The van der Waals surface area contributed by atoms with Gasteiger partial charge in [-0.05, 0) is 11.6 Å². The van der Waals surface area contributed by atoms with Crippen molar-refractivity contribution in [2.45, 2.75) is 12.5 Å². The Hall–Kier alpha value is -3.81. The Bertz CT molecular complexity index is 1100. The number of aromatic amines is 1. The predicted molar refractivity (Wildman–Crippen MR) is 120 cm³/mol. The summed E-state index contributed by atoms with van der Waals surface area (Å²) >= 11 is 0. The number of nitrogens with one attached hydrogen (secondary N) is 2. The highest BCUT2D eigenvalue weighted by atomic mass is 16.5. The number of methoxy groups -OCH3 is 1. The lowest BCUT2D eigenvalue weighted by molar-refractivity contribution is -0.142. The van der Waals surface area contributed by atoms with Gasteiger partial charge in [-0.2, -0.15) is 0 Å². The van der Waals surface area contributed by atoms with Crippen molar-refractivity contribution >= 4 is 28.8 Å². The molecular formula is C24H26N4O4. The van der Waals surface area contributed by atoms with Gasteiger partial charge in [-0.25, -0.2) is 9.59 Å². The van der Waals surface area contributed by atoms with Crippen LogP contribution in [0.15, 0.2) is 60.8 Å². The Kier molecular flexibility index (Phi) is 6.39. The summed E-state index contributed by atoms with van der Waals surface area (Å²) in [6.07, 6.45) is 2.08. The molecule has 2 aromatic carbocycles. The van der Waals surface area contributed by atoms with Crippen molar-refractivity contribution in [2.24, 2.45) is 0 Å². The number of fused-ring (bicyclic) bond motifs is 1. The summed E-state index contributed by atoms with van der Waals surface area (Å²) in [7, 11) is 1.31. The van der Waals surface area contributed by atoms with Gasteiger partial charge >= 0.3 is 12.0 Å². The number of ether oxygens (including phenoxy) is 1. The third-order valence-electron chi connectivity index (χ3n) is 5.74. The normalized spacial score (nSPS) is 14.8. The third-order valence-corrected chi connectivity index (χ3v) is 5.74. The summed E-state index contributed by atoms with van der Waals surface area (Å²) in [6.45, 7) is 1.62. The van der Waals surface area contributed by atoms with E-state index in [0.29, 0.717) is 38.2 Å². The zero-order valence-corrected chi connectivity index (χ0v) is 17.9. The van der Waals surface area contributed by atoms with Gasteiger partial charge in [0.05, 0.1) is 12.7 Å². The minimum Gasteiger partial charge on any atom is -0.467 e. The first-order chi connectivity index (χ1) is 15.6. The second-order valence-electron chi connectivity index (χ2n) is 7.74. The van der Waals surface area contributed by atoms with E-state index in [1.165, 1.54) is 7.11 Å². The fourth-order valence-electron chi connectivity index (χ4n) is 3.96. The van der Waals surface area contributed by atoms with E-state index in [1.54, 1.807) is 16.0 Å². The van der Waals surface area contributed by atoms with Crippen LogP contribution in [0.3, 0.4) is 0 Å². The number of urea groups is 1. The lowest BCUT2D eigenvalue weighted by atomic mass is 10.1. The summed E-state index contributed by atoms with van der Waals surface area (Å²) < 4.78 is 4.87. The zero-order chi connectivity index (χ0) is 22.5. The van der Waals surface area contributed by atoms with Crippen molar-refractivity contribution in [3.8, 4) is 0 Å². The second-order valence-corrected chi connectivity index (χ2v) is 7.74. The maximum atomic E-state index is 13.0. The number of benzene rings is 2. The fraction of sp³-hybridized carbons (Fsp3) is 0.292.